The molecule has 0 aliphatic rings. The molecule has 0 aromatic carbocycles. The SMILES string of the molecule is CCC(C(C)=O)C(=O)OP. The van der Waals surface area contributed by atoms with Crippen molar-refractivity contribution < 1.29 is 14.1 Å². The van der Waals surface area contributed by atoms with Gasteiger partial charge in [0.15, 0.2) is 0 Å². The Morgan fingerprint density at radius 2 is 2.10 bits per heavy atom. The van der Waals surface area contributed by atoms with Gasteiger partial charge in [-0.05, 0) is 13.3 Å². The number of ketones is 1. The van der Waals surface area contributed by atoms with Gasteiger partial charge in [0.2, 0.25) is 0 Å². The highest BCUT2D eigenvalue weighted by Crippen LogP contribution is 2.07. The second-order valence-electron chi connectivity index (χ2n) is 2.01. The Bertz CT molecular complexity index is 144. The van der Waals surface area contributed by atoms with Crippen LogP contribution in [0.5, 0.6) is 0 Å². The number of rotatable bonds is 3. The van der Waals surface area contributed by atoms with Crippen LogP contribution in [0.15, 0.2) is 0 Å². The van der Waals surface area contributed by atoms with Crippen molar-refractivity contribution in [1.29, 1.82) is 0 Å². The van der Waals surface area contributed by atoms with Crippen LogP contribution in [0.3, 0.4) is 0 Å². The van der Waals surface area contributed by atoms with Gasteiger partial charge < -0.3 is 4.52 Å². The van der Waals surface area contributed by atoms with E-state index in [1.165, 1.54) is 6.92 Å². The largest absolute Gasteiger partial charge is 0.451 e. The maximum atomic E-state index is 10.7. The van der Waals surface area contributed by atoms with E-state index in [4.69, 9.17) is 0 Å². The predicted octanol–water partition coefficient (Wildman–Crippen LogP) is 0.935. The molecule has 0 heterocycles. The maximum absolute atomic E-state index is 10.7. The lowest BCUT2D eigenvalue weighted by Gasteiger charge is -2.06. The highest BCUT2D eigenvalue weighted by molar-refractivity contribution is 7.10. The van der Waals surface area contributed by atoms with Crippen LogP contribution in [0.4, 0.5) is 0 Å². The lowest BCUT2D eigenvalue weighted by molar-refractivity contribution is -0.142. The van der Waals surface area contributed by atoms with E-state index in [0.29, 0.717) is 6.42 Å². The van der Waals surface area contributed by atoms with Crippen LogP contribution < -0.4 is 0 Å². The van der Waals surface area contributed by atoms with Crippen molar-refractivity contribution >= 4 is 21.2 Å². The molecule has 10 heavy (non-hydrogen) atoms. The molecule has 0 saturated carbocycles. The Kier molecular flexibility index (Phi) is 4.21. The third-order valence-corrected chi connectivity index (χ3v) is 1.53. The van der Waals surface area contributed by atoms with Gasteiger partial charge in [-0.1, -0.05) is 6.92 Å². The summed E-state index contributed by atoms with van der Waals surface area (Å²) in [4.78, 5) is 21.4. The van der Waals surface area contributed by atoms with E-state index in [9.17, 15) is 9.59 Å². The minimum Gasteiger partial charge on any atom is -0.451 e. The highest BCUT2D eigenvalue weighted by atomic mass is 31.0. The molecule has 0 rings (SSSR count). The van der Waals surface area contributed by atoms with Crippen molar-refractivity contribution in [3.05, 3.63) is 0 Å². The number of hydrogen-bond acceptors (Lipinski definition) is 3. The van der Waals surface area contributed by atoms with Crippen LogP contribution in [0.1, 0.15) is 20.3 Å². The van der Waals surface area contributed by atoms with Gasteiger partial charge in [0.1, 0.15) is 11.7 Å². The van der Waals surface area contributed by atoms with Crippen LogP contribution in [0, 0.1) is 5.92 Å². The van der Waals surface area contributed by atoms with Gasteiger partial charge >= 0.3 is 5.97 Å². The van der Waals surface area contributed by atoms with Crippen LogP contribution in [-0.4, -0.2) is 11.8 Å². The average molecular weight is 162 g/mol. The predicted molar refractivity (Wildman–Crippen MR) is 40.3 cm³/mol. The second-order valence-corrected chi connectivity index (χ2v) is 2.24. The first-order chi connectivity index (χ1) is 4.63. The van der Waals surface area contributed by atoms with Crippen molar-refractivity contribution in [2.45, 2.75) is 20.3 Å². The van der Waals surface area contributed by atoms with E-state index in [2.05, 4.69) is 4.52 Å². The molecule has 0 aliphatic carbocycles. The summed E-state index contributed by atoms with van der Waals surface area (Å²) in [5.41, 5.74) is 0. The number of carbonyl (C=O) groups is 2. The first kappa shape index (κ1) is 9.57. The van der Waals surface area contributed by atoms with Crippen molar-refractivity contribution in [2.24, 2.45) is 5.92 Å². The van der Waals surface area contributed by atoms with Crippen molar-refractivity contribution in [2.75, 3.05) is 0 Å². The summed E-state index contributed by atoms with van der Waals surface area (Å²) in [5.74, 6) is -1.20. The lowest BCUT2D eigenvalue weighted by atomic mass is 10.0. The van der Waals surface area contributed by atoms with Crippen LogP contribution in [0.2, 0.25) is 0 Å². The molecule has 0 amide bonds. The molecule has 3 nitrogen and oxygen atoms in total. The van der Waals surface area contributed by atoms with Gasteiger partial charge in [-0.25, -0.2) is 0 Å². The Morgan fingerprint density at radius 1 is 1.60 bits per heavy atom. The van der Waals surface area contributed by atoms with Crippen LogP contribution in [-0.2, 0) is 14.1 Å². The molecular formula is C6H11O3P. The van der Waals surface area contributed by atoms with Gasteiger partial charge in [-0.15, -0.1) is 0 Å². The second kappa shape index (κ2) is 4.40. The third kappa shape index (κ3) is 2.44. The molecule has 0 N–H and O–H groups in total. The van der Waals surface area contributed by atoms with Crippen molar-refractivity contribution in [3.63, 3.8) is 0 Å². The Balaban J connectivity index is 4.06. The topological polar surface area (TPSA) is 43.4 Å². The fraction of sp³-hybridized carbons (Fsp3) is 0.667. The summed E-state index contributed by atoms with van der Waals surface area (Å²) in [5, 5.41) is 0. The zero-order valence-electron chi connectivity index (χ0n) is 6.09. The van der Waals surface area contributed by atoms with E-state index >= 15 is 0 Å². The summed E-state index contributed by atoms with van der Waals surface area (Å²) in [7, 11) is 1.84. The molecule has 0 saturated heterocycles. The molecule has 2 unspecified atom stereocenters. The molecular weight excluding hydrogens is 151 g/mol. The van der Waals surface area contributed by atoms with Crippen molar-refractivity contribution in [3.8, 4) is 0 Å². The van der Waals surface area contributed by atoms with E-state index < -0.39 is 11.9 Å². The average Bonchev–Trinajstić information content (AvgIpc) is 1.88. The standard InChI is InChI=1S/C6H11O3P/c1-3-5(4(2)7)6(8)9-10/h5H,3,10H2,1-2H3. The molecule has 0 aliphatic heterocycles. The van der Waals surface area contributed by atoms with E-state index in [-0.39, 0.29) is 5.78 Å². The van der Waals surface area contributed by atoms with E-state index in [1.807, 2.05) is 9.47 Å². The fourth-order valence-corrected chi connectivity index (χ4v) is 0.866. The molecule has 0 aromatic heterocycles. The molecule has 4 heteroatoms. The highest BCUT2D eigenvalue weighted by Gasteiger charge is 2.21. The molecule has 0 fully saturated rings. The Morgan fingerprint density at radius 3 is 2.20 bits per heavy atom. The van der Waals surface area contributed by atoms with Crippen molar-refractivity contribution in [1.82, 2.24) is 0 Å². The third-order valence-electron chi connectivity index (χ3n) is 1.30. The molecule has 0 aromatic rings. The number of carbonyl (C=O) groups excluding carboxylic acids is 2. The Hall–Kier alpha value is -0.430. The van der Waals surface area contributed by atoms with E-state index in [1.54, 1.807) is 6.92 Å². The normalized spacial score (nSPS) is 12.3. The van der Waals surface area contributed by atoms with Gasteiger partial charge in [-0.2, -0.15) is 0 Å². The summed E-state index contributed by atoms with van der Waals surface area (Å²) < 4.78 is 4.32. The Labute approximate surface area is 62.4 Å². The summed E-state index contributed by atoms with van der Waals surface area (Å²) in [6.45, 7) is 3.16. The monoisotopic (exact) mass is 162 g/mol. The fourth-order valence-electron chi connectivity index (χ4n) is 0.702. The van der Waals surface area contributed by atoms with Crippen LogP contribution in [0.25, 0.3) is 0 Å². The van der Waals surface area contributed by atoms with Gasteiger partial charge in [0.05, 0.1) is 9.47 Å². The summed E-state index contributed by atoms with van der Waals surface area (Å²) >= 11 is 0. The molecule has 2 atom stereocenters. The maximum Gasteiger partial charge on any atom is 0.318 e. The number of hydrogen-bond donors (Lipinski definition) is 0. The summed E-state index contributed by atoms with van der Waals surface area (Å²) in [6, 6.07) is 0. The van der Waals surface area contributed by atoms with Gasteiger partial charge in [-0.3, -0.25) is 9.59 Å². The quantitative estimate of drug-likeness (QED) is 0.458. The minimum absolute atomic E-state index is 0.144. The number of Topliss-reactive ketones (excluding diaryl/α,β-unsaturated/α-hetero) is 1. The van der Waals surface area contributed by atoms with Gasteiger partial charge in [0.25, 0.3) is 0 Å². The summed E-state index contributed by atoms with van der Waals surface area (Å²) in [6.07, 6.45) is 0.503. The van der Waals surface area contributed by atoms with Crippen LogP contribution >= 0.6 is 9.47 Å². The molecule has 0 spiro atoms. The zero-order chi connectivity index (χ0) is 8.15. The lowest BCUT2D eigenvalue weighted by Crippen LogP contribution is -2.20. The van der Waals surface area contributed by atoms with Gasteiger partial charge in [0, 0.05) is 0 Å². The molecule has 0 radical (unpaired) electrons. The minimum atomic E-state index is -0.586. The van der Waals surface area contributed by atoms with E-state index in [0.717, 1.165) is 0 Å². The first-order valence-corrected chi connectivity index (χ1v) is 3.51. The molecule has 0 bridgehead atoms. The molecule has 58 valence electrons. The zero-order valence-corrected chi connectivity index (χ0v) is 7.24. The first-order valence-electron chi connectivity index (χ1n) is 3.04. The smallest absolute Gasteiger partial charge is 0.318 e.